The Bertz CT molecular complexity index is 693. The Hall–Kier alpha value is -1.99. The molecule has 1 fully saturated rings. The van der Waals surface area contributed by atoms with Gasteiger partial charge in [0.1, 0.15) is 11.9 Å². The molecule has 22 heavy (non-hydrogen) atoms. The number of morpholine rings is 1. The second-order valence-corrected chi connectivity index (χ2v) is 5.57. The lowest BCUT2D eigenvalue weighted by Crippen LogP contribution is -2.38. The summed E-state index contributed by atoms with van der Waals surface area (Å²) >= 11 is 0. The largest absolute Gasteiger partial charge is 0.367 e. The molecule has 7 heteroatoms. The van der Waals surface area contributed by atoms with Crippen molar-refractivity contribution in [3.05, 3.63) is 45.9 Å². The molecule has 3 rings (SSSR count). The Morgan fingerprint density at radius 3 is 3.09 bits per heavy atom. The summed E-state index contributed by atoms with van der Waals surface area (Å²) in [7, 11) is 1.76. The quantitative estimate of drug-likeness (QED) is 0.897. The van der Waals surface area contributed by atoms with Crippen LogP contribution in [0.4, 0.5) is 0 Å². The highest BCUT2D eigenvalue weighted by atomic mass is 16.5. The minimum absolute atomic E-state index is 0.0175. The number of ether oxygens (including phenoxy) is 1. The van der Waals surface area contributed by atoms with Gasteiger partial charge in [0.25, 0.3) is 5.56 Å². The van der Waals surface area contributed by atoms with E-state index < -0.39 is 0 Å². The number of aryl methyl sites for hydroxylation is 2. The van der Waals surface area contributed by atoms with Crippen molar-refractivity contribution < 1.29 is 4.74 Å². The Balaban J connectivity index is 1.67. The first-order valence-electron chi connectivity index (χ1n) is 7.56. The second kappa shape index (κ2) is 6.41. The summed E-state index contributed by atoms with van der Waals surface area (Å²) in [6, 6.07) is 3.67. The molecule has 0 saturated carbocycles. The first-order chi connectivity index (χ1) is 10.7. The van der Waals surface area contributed by atoms with Crippen LogP contribution in [-0.4, -0.2) is 44.3 Å². The van der Waals surface area contributed by atoms with Crippen LogP contribution >= 0.6 is 0 Å². The molecule has 3 heterocycles. The average Bonchev–Trinajstić information content (AvgIpc) is 3.00. The Morgan fingerprint density at radius 2 is 2.36 bits per heavy atom. The summed E-state index contributed by atoms with van der Waals surface area (Å²) in [6.45, 7) is 4.99. The molecule has 0 amide bonds. The molecule has 7 nitrogen and oxygen atoms in total. The fraction of sp³-hybridized carbons (Fsp3) is 0.533. The van der Waals surface area contributed by atoms with Crippen LogP contribution < -0.4 is 5.56 Å². The zero-order valence-electron chi connectivity index (χ0n) is 13.0. The summed E-state index contributed by atoms with van der Waals surface area (Å²) in [6.07, 6.45) is 2.52. The number of hydrogen-bond acceptors (Lipinski definition) is 5. The van der Waals surface area contributed by atoms with Crippen molar-refractivity contribution in [1.29, 1.82) is 0 Å². The van der Waals surface area contributed by atoms with Gasteiger partial charge in [-0.1, -0.05) is 6.92 Å². The van der Waals surface area contributed by atoms with Crippen LogP contribution in [0.1, 0.15) is 30.2 Å². The van der Waals surface area contributed by atoms with Gasteiger partial charge in [0.15, 0.2) is 5.82 Å². The maximum absolute atomic E-state index is 11.7. The van der Waals surface area contributed by atoms with Crippen LogP contribution in [0.15, 0.2) is 23.1 Å². The number of H-pyrrole nitrogens is 1. The summed E-state index contributed by atoms with van der Waals surface area (Å²) in [4.78, 5) is 18.4. The fourth-order valence-corrected chi connectivity index (χ4v) is 2.56. The third-order valence-electron chi connectivity index (χ3n) is 3.90. The number of hydrogen-bond donors (Lipinski definition) is 1. The molecule has 0 spiro atoms. The maximum Gasteiger partial charge on any atom is 0.250 e. The summed E-state index contributed by atoms with van der Waals surface area (Å²) in [5.41, 5.74) is 1.04. The number of nitrogens with zero attached hydrogens (tertiary/aromatic N) is 4. The lowest BCUT2D eigenvalue weighted by molar-refractivity contribution is -0.0371. The lowest BCUT2D eigenvalue weighted by atomic mass is 10.2. The van der Waals surface area contributed by atoms with Gasteiger partial charge in [-0.3, -0.25) is 14.8 Å². The zero-order chi connectivity index (χ0) is 15.5. The molecule has 0 bridgehead atoms. The van der Waals surface area contributed by atoms with Crippen molar-refractivity contribution in [2.75, 3.05) is 19.7 Å². The molecule has 118 valence electrons. The van der Waals surface area contributed by atoms with Crippen LogP contribution in [0.25, 0.3) is 0 Å². The highest BCUT2D eigenvalue weighted by molar-refractivity contribution is 5.11. The van der Waals surface area contributed by atoms with Gasteiger partial charge in [0.2, 0.25) is 0 Å². The Labute approximate surface area is 128 Å². The number of aromatic nitrogens is 4. The van der Waals surface area contributed by atoms with Crippen molar-refractivity contribution in [1.82, 2.24) is 24.6 Å². The Kier molecular flexibility index (Phi) is 4.35. The average molecular weight is 303 g/mol. The minimum Gasteiger partial charge on any atom is -0.367 e. The number of pyridine rings is 1. The predicted molar refractivity (Wildman–Crippen MR) is 81.4 cm³/mol. The van der Waals surface area contributed by atoms with Gasteiger partial charge in [-0.25, -0.2) is 4.98 Å². The van der Waals surface area contributed by atoms with Crippen molar-refractivity contribution in [3.8, 4) is 0 Å². The predicted octanol–water partition coefficient (Wildman–Crippen LogP) is 0.639. The molecular weight excluding hydrogens is 282 g/mol. The zero-order valence-corrected chi connectivity index (χ0v) is 13.0. The molecule has 0 aromatic carbocycles. The number of aromatic amines is 1. The highest BCUT2D eigenvalue weighted by Gasteiger charge is 2.25. The van der Waals surface area contributed by atoms with E-state index in [1.807, 2.05) is 13.0 Å². The van der Waals surface area contributed by atoms with E-state index >= 15 is 0 Å². The number of nitrogens with one attached hydrogen (secondary N) is 1. The van der Waals surface area contributed by atoms with Crippen LogP contribution in [0, 0.1) is 0 Å². The number of rotatable bonds is 4. The van der Waals surface area contributed by atoms with Crippen molar-refractivity contribution in [3.63, 3.8) is 0 Å². The first-order valence-corrected chi connectivity index (χ1v) is 7.56. The molecule has 0 aliphatic carbocycles. The fourth-order valence-electron chi connectivity index (χ4n) is 2.56. The van der Waals surface area contributed by atoms with E-state index in [4.69, 9.17) is 4.74 Å². The maximum atomic E-state index is 11.7. The molecular formula is C15H21N5O2. The summed E-state index contributed by atoms with van der Waals surface area (Å²) in [5.74, 6) is 1.59. The van der Waals surface area contributed by atoms with Gasteiger partial charge in [-0.2, -0.15) is 5.10 Å². The van der Waals surface area contributed by atoms with E-state index in [1.165, 1.54) is 0 Å². The normalized spacial score (nSPS) is 19.5. The van der Waals surface area contributed by atoms with Gasteiger partial charge < -0.3 is 9.30 Å². The Morgan fingerprint density at radius 1 is 1.50 bits per heavy atom. The lowest BCUT2D eigenvalue weighted by Gasteiger charge is -2.31. The molecule has 1 aliphatic heterocycles. The summed E-state index contributed by atoms with van der Waals surface area (Å²) in [5, 5.41) is 7.16. The minimum atomic E-state index is -0.114. The molecule has 2 aromatic heterocycles. The smallest absolute Gasteiger partial charge is 0.250 e. The van der Waals surface area contributed by atoms with Crippen molar-refractivity contribution >= 4 is 0 Å². The van der Waals surface area contributed by atoms with E-state index in [-0.39, 0.29) is 11.7 Å². The third kappa shape index (κ3) is 3.26. The van der Waals surface area contributed by atoms with E-state index in [2.05, 4.69) is 20.1 Å². The van der Waals surface area contributed by atoms with E-state index in [0.29, 0.717) is 12.4 Å². The molecule has 0 unspecified atom stereocenters. The molecule has 1 atom stereocenters. The van der Waals surface area contributed by atoms with Gasteiger partial charge in [0, 0.05) is 45.4 Å². The topological polar surface area (TPSA) is 76.0 Å². The summed E-state index contributed by atoms with van der Waals surface area (Å²) < 4.78 is 7.36. The molecule has 0 radical (unpaired) electrons. The van der Waals surface area contributed by atoms with Crippen molar-refractivity contribution in [2.45, 2.75) is 26.0 Å². The van der Waals surface area contributed by atoms with E-state index in [1.54, 1.807) is 23.9 Å². The van der Waals surface area contributed by atoms with Crippen LogP contribution in [0.3, 0.4) is 0 Å². The van der Waals surface area contributed by atoms with Gasteiger partial charge in [-0.05, 0) is 11.6 Å². The molecule has 1 aliphatic rings. The molecule has 2 aromatic rings. The second-order valence-electron chi connectivity index (χ2n) is 5.57. The highest BCUT2D eigenvalue weighted by Crippen LogP contribution is 2.20. The van der Waals surface area contributed by atoms with Crippen molar-refractivity contribution in [2.24, 2.45) is 7.05 Å². The van der Waals surface area contributed by atoms with Crippen LogP contribution in [-0.2, 0) is 24.8 Å². The third-order valence-corrected chi connectivity index (χ3v) is 3.90. The standard InChI is InChI=1S/C15H21N5O2/c1-3-13-16-15(18-17-13)12-10-20(6-7-22-12)9-11-4-5-19(2)14(21)8-11/h4-5,8,12H,3,6-7,9-10H2,1-2H3,(H,16,17,18)/t12-/m1/s1. The van der Waals surface area contributed by atoms with E-state index in [9.17, 15) is 4.79 Å². The van der Waals surface area contributed by atoms with Gasteiger partial charge in [-0.15, -0.1) is 0 Å². The SMILES string of the molecule is CCc1nc([C@H]2CN(Cc3ccn(C)c(=O)c3)CCO2)n[nH]1. The monoisotopic (exact) mass is 303 g/mol. The van der Waals surface area contributed by atoms with E-state index in [0.717, 1.165) is 37.4 Å². The van der Waals surface area contributed by atoms with Crippen LogP contribution in [0.5, 0.6) is 0 Å². The molecule has 1 N–H and O–H groups in total. The first kappa shape index (κ1) is 14.9. The van der Waals surface area contributed by atoms with Gasteiger partial charge >= 0.3 is 0 Å². The van der Waals surface area contributed by atoms with Crippen LogP contribution in [0.2, 0.25) is 0 Å². The molecule has 1 saturated heterocycles. The van der Waals surface area contributed by atoms with Gasteiger partial charge in [0.05, 0.1) is 6.61 Å².